The molecule has 1 atom stereocenters. The van der Waals surface area contributed by atoms with E-state index in [1.807, 2.05) is 42.5 Å². The maximum Gasteiger partial charge on any atom is 0.268 e. The first-order valence-electron chi connectivity index (χ1n) is 6.53. The molecule has 4 nitrogen and oxygen atoms in total. The molecular weight excluding hydrogens is 252 g/mol. The molecule has 2 aromatic rings. The molecule has 2 aromatic carbocycles. The Hall–Kier alpha value is -2.49. The zero-order chi connectivity index (χ0) is 14.1. The second kappa shape index (κ2) is 4.89. The fourth-order valence-electron chi connectivity index (χ4n) is 2.45. The van der Waals surface area contributed by atoms with Gasteiger partial charge in [-0.1, -0.05) is 30.3 Å². The van der Waals surface area contributed by atoms with Crippen molar-refractivity contribution in [2.45, 2.75) is 12.5 Å². The van der Waals surface area contributed by atoms with Crippen LogP contribution in [0, 0.1) is 0 Å². The second-order valence-electron chi connectivity index (χ2n) is 4.87. The highest BCUT2D eigenvalue weighted by atomic mass is 16.5. The van der Waals surface area contributed by atoms with Gasteiger partial charge in [0.25, 0.3) is 5.91 Å². The summed E-state index contributed by atoms with van der Waals surface area (Å²) in [4.78, 5) is 14.1. The van der Waals surface area contributed by atoms with Crippen LogP contribution in [0.3, 0.4) is 0 Å². The van der Waals surface area contributed by atoms with E-state index < -0.39 is 6.10 Å². The van der Waals surface area contributed by atoms with E-state index in [2.05, 4.69) is 0 Å². The molecule has 4 heteroatoms. The monoisotopic (exact) mass is 268 g/mol. The van der Waals surface area contributed by atoms with Crippen LogP contribution in [-0.4, -0.2) is 19.1 Å². The number of rotatable bonds is 2. The highest BCUT2D eigenvalue weighted by molar-refractivity contribution is 5.99. The maximum absolute atomic E-state index is 12.5. The third-order valence-electron chi connectivity index (χ3n) is 3.55. The number of nitrogens with zero attached hydrogens (tertiary/aromatic N) is 1. The van der Waals surface area contributed by atoms with Gasteiger partial charge in [0.05, 0.1) is 11.4 Å². The highest BCUT2D eigenvalue weighted by Crippen LogP contribution is 2.30. The van der Waals surface area contributed by atoms with Gasteiger partial charge in [-0.3, -0.25) is 4.79 Å². The molecule has 0 saturated heterocycles. The van der Waals surface area contributed by atoms with Gasteiger partial charge in [0, 0.05) is 13.5 Å². The van der Waals surface area contributed by atoms with E-state index in [4.69, 9.17) is 10.5 Å². The second-order valence-corrected chi connectivity index (χ2v) is 4.87. The summed E-state index contributed by atoms with van der Waals surface area (Å²) in [6, 6.07) is 15.1. The van der Waals surface area contributed by atoms with Gasteiger partial charge in [-0.15, -0.1) is 0 Å². The summed E-state index contributed by atoms with van der Waals surface area (Å²) in [5.41, 5.74) is 8.27. The van der Waals surface area contributed by atoms with Crippen molar-refractivity contribution >= 4 is 17.3 Å². The number of hydrogen-bond donors (Lipinski definition) is 1. The normalized spacial score (nSPS) is 16.4. The lowest BCUT2D eigenvalue weighted by Crippen LogP contribution is -2.39. The number of ether oxygens (including phenoxy) is 1. The Bertz CT molecular complexity index is 629. The van der Waals surface area contributed by atoms with Crippen molar-refractivity contribution in [3.8, 4) is 5.75 Å². The molecule has 0 radical (unpaired) electrons. The number of benzene rings is 2. The fourth-order valence-corrected chi connectivity index (χ4v) is 2.45. The molecule has 1 heterocycles. The van der Waals surface area contributed by atoms with E-state index >= 15 is 0 Å². The number of nitrogen functional groups attached to an aromatic ring is 1. The van der Waals surface area contributed by atoms with Gasteiger partial charge in [-0.25, -0.2) is 0 Å². The first kappa shape index (κ1) is 12.5. The Morgan fingerprint density at radius 3 is 2.65 bits per heavy atom. The van der Waals surface area contributed by atoms with Crippen molar-refractivity contribution < 1.29 is 9.53 Å². The number of anilines is 2. The molecule has 0 fully saturated rings. The van der Waals surface area contributed by atoms with Crippen LogP contribution in [0.15, 0.2) is 48.5 Å². The lowest BCUT2D eigenvalue weighted by atomic mass is 10.1. The van der Waals surface area contributed by atoms with Gasteiger partial charge in [0.2, 0.25) is 0 Å². The van der Waals surface area contributed by atoms with Crippen molar-refractivity contribution in [1.29, 1.82) is 0 Å². The molecular formula is C16H16N2O2. The van der Waals surface area contributed by atoms with E-state index in [0.717, 1.165) is 11.3 Å². The molecule has 0 aliphatic carbocycles. The molecule has 1 aliphatic rings. The van der Waals surface area contributed by atoms with E-state index in [1.165, 1.54) is 0 Å². The van der Waals surface area contributed by atoms with Crippen molar-refractivity contribution in [2.75, 3.05) is 17.7 Å². The maximum atomic E-state index is 12.5. The van der Waals surface area contributed by atoms with Crippen LogP contribution in [0.4, 0.5) is 11.4 Å². The van der Waals surface area contributed by atoms with Crippen molar-refractivity contribution in [3.05, 3.63) is 54.1 Å². The number of carbonyl (C=O) groups is 1. The number of nitrogens with two attached hydrogens (primary N) is 1. The molecule has 0 saturated carbocycles. The van der Waals surface area contributed by atoms with Crippen LogP contribution >= 0.6 is 0 Å². The third kappa shape index (κ3) is 2.09. The van der Waals surface area contributed by atoms with E-state index in [0.29, 0.717) is 17.8 Å². The minimum absolute atomic E-state index is 0.0842. The summed E-state index contributed by atoms with van der Waals surface area (Å²) >= 11 is 0. The number of carbonyl (C=O) groups excluding carboxylic acids is 1. The predicted octanol–water partition coefficient (Wildman–Crippen LogP) is 2.24. The van der Waals surface area contributed by atoms with Crippen molar-refractivity contribution in [3.63, 3.8) is 0 Å². The minimum atomic E-state index is -0.475. The van der Waals surface area contributed by atoms with Gasteiger partial charge in [0.15, 0.2) is 6.10 Å². The molecule has 20 heavy (non-hydrogen) atoms. The molecule has 1 unspecified atom stereocenters. The lowest BCUT2D eigenvalue weighted by molar-refractivity contribution is -0.124. The van der Waals surface area contributed by atoms with E-state index in [9.17, 15) is 4.79 Å². The summed E-state index contributed by atoms with van der Waals surface area (Å²) in [5, 5.41) is 0. The first-order valence-corrected chi connectivity index (χ1v) is 6.53. The minimum Gasteiger partial charge on any atom is -0.480 e. The quantitative estimate of drug-likeness (QED) is 0.850. The Morgan fingerprint density at radius 2 is 1.90 bits per heavy atom. The predicted molar refractivity (Wildman–Crippen MR) is 78.8 cm³/mol. The van der Waals surface area contributed by atoms with Crippen molar-refractivity contribution in [2.24, 2.45) is 0 Å². The average molecular weight is 268 g/mol. The smallest absolute Gasteiger partial charge is 0.268 e. The number of amides is 1. The molecule has 102 valence electrons. The Balaban J connectivity index is 1.80. The third-order valence-corrected chi connectivity index (χ3v) is 3.55. The summed E-state index contributed by atoms with van der Waals surface area (Å²) in [5.74, 6) is 0.708. The van der Waals surface area contributed by atoms with Gasteiger partial charge in [0.1, 0.15) is 5.75 Å². The number of para-hydroxylation sites is 3. The molecule has 2 N–H and O–H groups in total. The zero-order valence-corrected chi connectivity index (χ0v) is 11.2. The van der Waals surface area contributed by atoms with Crippen LogP contribution in [0.1, 0.15) is 5.56 Å². The van der Waals surface area contributed by atoms with Crippen LogP contribution in [0.2, 0.25) is 0 Å². The summed E-state index contributed by atoms with van der Waals surface area (Å²) in [6.07, 6.45) is 0.128. The van der Waals surface area contributed by atoms with E-state index in [-0.39, 0.29) is 5.91 Å². The summed E-state index contributed by atoms with van der Waals surface area (Å²) < 4.78 is 5.72. The number of fused-ring (bicyclic) bond motifs is 1. The molecule has 0 bridgehead atoms. The van der Waals surface area contributed by atoms with Gasteiger partial charge in [-0.05, 0) is 23.8 Å². The molecule has 0 spiro atoms. The lowest BCUT2D eigenvalue weighted by Gasteiger charge is -2.22. The molecule has 0 aromatic heterocycles. The standard InChI is InChI=1S/C16H16N2O2/c1-18(13-8-4-3-7-12(13)17)16(19)15-10-11-6-2-5-9-14(11)20-15/h2-9,15H,10,17H2,1H3. The first-order chi connectivity index (χ1) is 9.66. The molecule has 1 amide bonds. The fraction of sp³-hybridized carbons (Fsp3) is 0.188. The van der Waals surface area contributed by atoms with Crippen molar-refractivity contribution in [1.82, 2.24) is 0 Å². The van der Waals surface area contributed by atoms with E-state index in [1.54, 1.807) is 18.0 Å². The molecule has 3 rings (SSSR count). The highest BCUT2D eigenvalue weighted by Gasteiger charge is 2.31. The SMILES string of the molecule is CN(C(=O)C1Cc2ccccc2O1)c1ccccc1N. The summed E-state index contributed by atoms with van der Waals surface area (Å²) in [7, 11) is 1.72. The van der Waals surface area contributed by atoms with Crippen LogP contribution in [0.5, 0.6) is 5.75 Å². The van der Waals surface area contributed by atoms with Crippen LogP contribution in [0.25, 0.3) is 0 Å². The van der Waals surface area contributed by atoms with Crippen LogP contribution in [-0.2, 0) is 11.2 Å². The largest absolute Gasteiger partial charge is 0.480 e. The summed E-state index contributed by atoms with van der Waals surface area (Å²) in [6.45, 7) is 0. The Labute approximate surface area is 117 Å². The Kier molecular flexibility index (Phi) is 3.06. The van der Waals surface area contributed by atoms with Crippen LogP contribution < -0.4 is 15.4 Å². The number of likely N-dealkylation sites (N-methyl/N-ethyl adjacent to an activating group) is 1. The van der Waals surface area contributed by atoms with Gasteiger partial charge >= 0.3 is 0 Å². The Morgan fingerprint density at radius 1 is 1.20 bits per heavy atom. The van der Waals surface area contributed by atoms with Gasteiger partial charge in [-0.2, -0.15) is 0 Å². The average Bonchev–Trinajstić information content (AvgIpc) is 2.90. The zero-order valence-electron chi connectivity index (χ0n) is 11.2. The molecule has 1 aliphatic heterocycles. The number of hydrogen-bond acceptors (Lipinski definition) is 3. The van der Waals surface area contributed by atoms with Gasteiger partial charge < -0.3 is 15.4 Å². The topological polar surface area (TPSA) is 55.6 Å².